The van der Waals surface area contributed by atoms with Crippen molar-refractivity contribution in [3.63, 3.8) is 0 Å². The van der Waals surface area contributed by atoms with Crippen LogP contribution in [0, 0.1) is 0 Å². The van der Waals surface area contributed by atoms with Gasteiger partial charge in [0.1, 0.15) is 40.6 Å². The number of hydrogen-bond donors (Lipinski definition) is 0. The standard InChI is InChI=1S/C26H16Cl4O5/c27-22-20(16-21(33-28)23(34-29)24(22)35-30)25(31)32-26(17-10-4-1-5-11-17,18-12-6-2-7-13-18)19-14-8-3-9-15-19/h1-16H. The first-order valence-electron chi connectivity index (χ1n) is 10.2. The summed E-state index contributed by atoms with van der Waals surface area (Å²) in [6.07, 6.45) is 0. The Kier molecular flexibility index (Phi) is 7.93. The van der Waals surface area contributed by atoms with Gasteiger partial charge in [0.2, 0.25) is 11.5 Å². The Morgan fingerprint density at radius 1 is 0.629 bits per heavy atom. The van der Waals surface area contributed by atoms with Crippen LogP contribution in [0.1, 0.15) is 27.0 Å². The van der Waals surface area contributed by atoms with Crippen LogP contribution >= 0.6 is 47.2 Å². The zero-order valence-corrected chi connectivity index (χ0v) is 20.8. The summed E-state index contributed by atoms with van der Waals surface area (Å²) in [6, 6.07) is 29.3. The van der Waals surface area contributed by atoms with Crippen molar-refractivity contribution in [2.24, 2.45) is 0 Å². The fourth-order valence-corrected chi connectivity index (χ4v) is 4.53. The largest absolute Gasteiger partial charge is 0.441 e. The monoisotopic (exact) mass is 548 g/mol. The number of halogens is 4. The van der Waals surface area contributed by atoms with E-state index in [1.54, 1.807) is 0 Å². The molecule has 0 unspecified atom stereocenters. The molecule has 0 aliphatic rings. The summed E-state index contributed by atoms with van der Waals surface area (Å²) in [7, 11) is 0. The SMILES string of the molecule is O=C(OC(c1ccccc1)(c1ccccc1)c1ccccc1)c1cc(OCl)c(OCl)c(OCl)c1Cl. The van der Waals surface area contributed by atoms with Gasteiger partial charge in [-0.3, -0.25) is 0 Å². The van der Waals surface area contributed by atoms with E-state index >= 15 is 0 Å². The van der Waals surface area contributed by atoms with Crippen LogP contribution in [0.4, 0.5) is 0 Å². The molecule has 9 heteroatoms. The van der Waals surface area contributed by atoms with Crippen LogP contribution in [-0.2, 0) is 10.3 Å². The highest BCUT2D eigenvalue weighted by Gasteiger charge is 2.41. The molecule has 0 saturated carbocycles. The molecular weight excluding hydrogens is 534 g/mol. The zero-order valence-electron chi connectivity index (χ0n) is 17.8. The van der Waals surface area contributed by atoms with Crippen LogP contribution in [0.3, 0.4) is 0 Å². The van der Waals surface area contributed by atoms with Crippen molar-refractivity contribution >= 4 is 53.2 Å². The zero-order chi connectivity index (χ0) is 24.8. The minimum atomic E-state index is -1.34. The predicted molar refractivity (Wildman–Crippen MR) is 136 cm³/mol. The Morgan fingerprint density at radius 2 is 1.06 bits per heavy atom. The molecule has 178 valence electrons. The van der Waals surface area contributed by atoms with Gasteiger partial charge in [-0.1, -0.05) is 103 Å². The van der Waals surface area contributed by atoms with Crippen LogP contribution in [0.5, 0.6) is 17.2 Å². The minimum Gasteiger partial charge on any atom is -0.441 e. The molecule has 0 spiro atoms. The van der Waals surface area contributed by atoms with E-state index in [2.05, 4.69) is 0 Å². The summed E-state index contributed by atoms with van der Waals surface area (Å²) in [4.78, 5) is 13.8. The Bertz CT molecular complexity index is 1210. The van der Waals surface area contributed by atoms with Gasteiger partial charge < -0.3 is 17.6 Å². The van der Waals surface area contributed by atoms with Gasteiger partial charge in [0.05, 0.1) is 5.56 Å². The third kappa shape index (κ3) is 4.73. The van der Waals surface area contributed by atoms with Crippen LogP contribution in [-0.4, -0.2) is 5.97 Å². The molecule has 0 radical (unpaired) electrons. The maximum absolute atomic E-state index is 13.8. The lowest BCUT2D eigenvalue weighted by Crippen LogP contribution is -2.35. The second-order valence-corrected chi connectivity index (χ2v) is 8.14. The number of esters is 1. The molecule has 0 heterocycles. The summed E-state index contributed by atoms with van der Waals surface area (Å²) >= 11 is 23.1. The molecule has 0 aliphatic heterocycles. The van der Waals surface area contributed by atoms with E-state index in [1.165, 1.54) is 6.07 Å². The second-order valence-electron chi connectivity index (χ2n) is 7.29. The number of carbonyl (C=O) groups is 1. The number of carbonyl (C=O) groups excluding carboxylic acids is 1. The van der Waals surface area contributed by atoms with E-state index < -0.39 is 11.6 Å². The molecule has 0 aliphatic carbocycles. The van der Waals surface area contributed by atoms with Gasteiger partial charge in [-0.05, 0) is 0 Å². The number of rotatable bonds is 8. The van der Waals surface area contributed by atoms with Crippen molar-refractivity contribution < 1.29 is 22.4 Å². The van der Waals surface area contributed by atoms with Gasteiger partial charge in [0.25, 0.3) is 0 Å². The van der Waals surface area contributed by atoms with E-state index in [4.69, 9.17) is 64.8 Å². The number of hydrogen-bond acceptors (Lipinski definition) is 5. The lowest BCUT2D eigenvalue weighted by atomic mass is 9.80. The van der Waals surface area contributed by atoms with E-state index in [9.17, 15) is 4.79 Å². The molecule has 0 fully saturated rings. The quantitative estimate of drug-likeness (QED) is 0.164. The van der Waals surface area contributed by atoms with Crippen molar-refractivity contribution in [2.75, 3.05) is 0 Å². The summed E-state index contributed by atoms with van der Waals surface area (Å²) in [5.41, 5.74) is 0.666. The van der Waals surface area contributed by atoms with Crippen LogP contribution < -0.4 is 12.9 Å². The highest BCUT2D eigenvalue weighted by atomic mass is 35.5. The average Bonchev–Trinajstić information content (AvgIpc) is 2.92. The van der Waals surface area contributed by atoms with E-state index in [0.717, 1.165) is 0 Å². The van der Waals surface area contributed by atoms with E-state index in [1.807, 2.05) is 91.0 Å². The molecule has 0 N–H and O–H groups in total. The topological polar surface area (TPSA) is 54.0 Å². The molecule has 0 atom stereocenters. The third-order valence-electron chi connectivity index (χ3n) is 5.39. The summed E-state index contributed by atoms with van der Waals surface area (Å²) < 4.78 is 20.6. The third-order valence-corrected chi connectivity index (χ3v) is 6.24. The van der Waals surface area contributed by atoms with Gasteiger partial charge in [-0.15, -0.1) is 0 Å². The van der Waals surface area contributed by atoms with Gasteiger partial charge >= 0.3 is 5.97 Å². The average molecular weight is 550 g/mol. The van der Waals surface area contributed by atoms with Gasteiger partial charge in [-0.25, -0.2) is 4.79 Å². The smallest absolute Gasteiger partial charge is 0.341 e. The lowest BCUT2D eigenvalue weighted by molar-refractivity contribution is 0.0141. The van der Waals surface area contributed by atoms with Crippen LogP contribution in [0.15, 0.2) is 97.1 Å². The second kappa shape index (κ2) is 11.1. The molecule has 4 aromatic rings. The molecule has 4 aromatic carbocycles. The first kappa shape index (κ1) is 25.0. The Morgan fingerprint density at radius 3 is 1.43 bits per heavy atom. The van der Waals surface area contributed by atoms with Gasteiger partial charge in [0, 0.05) is 22.8 Å². The van der Waals surface area contributed by atoms with Crippen molar-refractivity contribution in [1.82, 2.24) is 0 Å². The molecule has 0 amide bonds. The molecule has 4 rings (SSSR count). The number of benzene rings is 4. The maximum atomic E-state index is 13.8. The van der Waals surface area contributed by atoms with Gasteiger partial charge in [0.15, 0.2) is 11.4 Å². The Hall–Kier alpha value is -3.09. The molecule has 0 aromatic heterocycles. The van der Waals surface area contributed by atoms with Crippen molar-refractivity contribution in [2.45, 2.75) is 5.60 Å². The summed E-state index contributed by atoms with van der Waals surface area (Å²) in [5, 5.41) is -0.207. The lowest BCUT2D eigenvalue weighted by Gasteiger charge is -2.35. The predicted octanol–water partition coefficient (Wildman–Crippen LogP) is 8.09. The molecule has 35 heavy (non-hydrogen) atoms. The first-order chi connectivity index (χ1) is 17.1. The fraction of sp³-hybridized carbons (Fsp3) is 0.0385. The molecule has 0 saturated heterocycles. The maximum Gasteiger partial charge on any atom is 0.341 e. The van der Waals surface area contributed by atoms with Crippen LogP contribution in [0.2, 0.25) is 5.02 Å². The Labute approximate surface area is 222 Å². The number of ether oxygens (including phenoxy) is 1. The van der Waals surface area contributed by atoms with E-state index in [0.29, 0.717) is 16.7 Å². The summed E-state index contributed by atoms with van der Waals surface area (Å²) in [5.74, 6) is -1.44. The Balaban J connectivity index is 1.95. The van der Waals surface area contributed by atoms with Crippen molar-refractivity contribution in [3.05, 3.63) is 124 Å². The van der Waals surface area contributed by atoms with Crippen molar-refractivity contribution in [3.8, 4) is 17.2 Å². The van der Waals surface area contributed by atoms with Gasteiger partial charge in [-0.2, -0.15) is 0 Å². The highest BCUT2D eigenvalue weighted by molar-refractivity contribution is 6.36. The van der Waals surface area contributed by atoms with Crippen LogP contribution in [0.25, 0.3) is 0 Å². The molecular formula is C26H16Cl4O5. The van der Waals surface area contributed by atoms with Crippen molar-refractivity contribution in [1.29, 1.82) is 0 Å². The normalized spacial score (nSPS) is 11.0. The van der Waals surface area contributed by atoms with E-state index in [-0.39, 0.29) is 27.8 Å². The summed E-state index contributed by atoms with van der Waals surface area (Å²) in [6.45, 7) is 0. The first-order valence-corrected chi connectivity index (χ1v) is 11.5. The fourth-order valence-electron chi connectivity index (χ4n) is 3.83. The molecule has 0 bridgehead atoms. The highest BCUT2D eigenvalue weighted by Crippen LogP contribution is 2.48. The minimum absolute atomic E-state index is 0.136. The molecule has 5 nitrogen and oxygen atoms in total.